The second kappa shape index (κ2) is 7.48. The molecule has 0 atom stereocenters. The van der Waals surface area contributed by atoms with E-state index in [1.807, 2.05) is 0 Å². The van der Waals surface area contributed by atoms with Gasteiger partial charge >= 0.3 is 5.97 Å². The molecule has 98 valence electrons. The van der Waals surface area contributed by atoms with Gasteiger partial charge in [-0.2, -0.15) is 0 Å². The van der Waals surface area contributed by atoms with Crippen LogP contribution >= 0.6 is 0 Å². The molecule has 0 aliphatic rings. The fraction of sp³-hybridized carbons (Fsp3) is 0.643. The lowest BCUT2D eigenvalue weighted by molar-refractivity contribution is -0.134. The van der Waals surface area contributed by atoms with Gasteiger partial charge in [-0.25, -0.2) is 4.79 Å². The molecule has 0 amide bonds. The van der Waals surface area contributed by atoms with Gasteiger partial charge in [-0.3, -0.25) is 0 Å². The first kappa shape index (κ1) is 16.2. The molecule has 0 aliphatic heterocycles. The molecular formula is C14H26O2Si. The molecule has 3 heteroatoms. The Morgan fingerprint density at radius 1 is 1.24 bits per heavy atom. The molecule has 0 spiro atoms. The molecule has 0 bridgehead atoms. The van der Waals surface area contributed by atoms with Gasteiger partial charge in [0, 0.05) is 14.1 Å². The summed E-state index contributed by atoms with van der Waals surface area (Å²) in [6.07, 6.45) is 5.87. The second-order valence-corrected chi connectivity index (χ2v) is 11.4. The van der Waals surface area contributed by atoms with E-state index in [0.29, 0.717) is 0 Å². The smallest absolute Gasteiger partial charge is 0.330 e. The molecule has 0 saturated heterocycles. The SMILES string of the molecule is COC(=O)/C=C(\CCC=C(C)C)C[Si](C)(C)C. The van der Waals surface area contributed by atoms with Gasteiger partial charge in [0.15, 0.2) is 0 Å². The maximum Gasteiger partial charge on any atom is 0.330 e. The first-order valence-corrected chi connectivity index (χ1v) is 9.86. The summed E-state index contributed by atoms with van der Waals surface area (Å²) in [5.41, 5.74) is 2.56. The van der Waals surface area contributed by atoms with E-state index < -0.39 is 8.07 Å². The minimum absolute atomic E-state index is 0.226. The number of carbonyl (C=O) groups is 1. The number of rotatable bonds is 6. The van der Waals surface area contributed by atoms with Gasteiger partial charge in [-0.1, -0.05) is 36.9 Å². The molecular weight excluding hydrogens is 228 g/mol. The lowest BCUT2D eigenvalue weighted by atomic mass is 10.1. The first-order chi connectivity index (χ1) is 7.74. The fourth-order valence-corrected chi connectivity index (χ4v) is 3.31. The highest BCUT2D eigenvalue weighted by Crippen LogP contribution is 2.21. The molecule has 0 fully saturated rings. The third kappa shape index (κ3) is 10.1. The number of hydrogen-bond acceptors (Lipinski definition) is 2. The number of methoxy groups -OCH3 is 1. The van der Waals surface area contributed by atoms with Gasteiger partial charge in [0.25, 0.3) is 0 Å². The van der Waals surface area contributed by atoms with Gasteiger partial charge < -0.3 is 4.74 Å². The van der Waals surface area contributed by atoms with Gasteiger partial charge in [0.1, 0.15) is 0 Å². The molecule has 0 unspecified atom stereocenters. The minimum Gasteiger partial charge on any atom is -0.466 e. The summed E-state index contributed by atoms with van der Waals surface area (Å²) < 4.78 is 4.71. The Morgan fingerprint density at radius 3 is 2.24 bits per heavy atom. The van der Waals surface area contributed by atoms with Gasteiger partial charge in [0.05, 0.1) is 7.11 Å². The average Bonchev–Trinajstić information content (AvgIpc) is 2.14. The van der Waals surface area contributed by atoms with E-state index in [0.717, 1.165) is 18.9 Å². The predicted molar refractivity (Wildman–Crippen MR) is 76.9 cm³/mol. The zero-order valence-corrected chi connectivity index (χ0v) is 13.1. The van der Waals surface area contributed by atoms with Gasteiger partial charge in [0.2, 0.25) is 0 Å². The van der Waals surface area contributed by atoms with Crippen molar-refractivity contribution in [3.8, 4) is 0 Å². The van der Waals surface area contributed by atoms with Crippen LogP contribution in [0.3, 0.4) is 0 Å². The molecule has 0 saturated carbocycles. The summed E-state index contributed by atoms with van der Waals surface area (Å²) in [4.78, 5) is 11.3. The van der Waals surface area contributed by atoms with Crippen LogP contribution in [0.1, 0.15) is 26.7 Å². The van der Waals surface area contributed by atoms with Crippen molar-refractivity contribution in [1.29, 1.82) is 0 Å². The zero-order chi connectivity index (χ0) is 13.5. The summed E-state index contributed by atoms with van der Waals surface area (Å²) in [6.45, 7) is 11.2. The summed E-state index contributed by atoms with van der Waals surface area (Å²) in [6, 6.07) is 1.07. The Labute approximate surface area is 107 Å². The predicted octanol–water partition coefficient (Wildman–Crippen LogP) is 4.17. The monoisotopic (exact) mass is 254 g/mol. The fourth-order valence-electron chi connectivity index (χ4n) is 1.66. The van der Waals surface area contributed by atoms with E-state index in [4.69, 9.17) is 4.74 Å². The van der Waals surface area contributed by atoms with Crippen LogP contribution in [0.5, 0.6) is 0 Å². The van der Waals surface area contributed by atoms with E-state index in [-0.39, 0.29) is 5.97 Å². The Kier molecular flexibility index (Phi) is 7.12. The van der Waals surface area contributed by atoms with Crippen molar-refractivity contribution < 1.29 is 9.53 Å². The average molecular weight is 254 g/mol. The van der Waals surface area contributed by atoms with Crippen LogP contribution in [-0.4, -0.2) is 21.2 Å². The van der Waals surface area contributed by atoms with Crippen molar-refractivity contribution >= 4 is 14.0 Å². The van der Waals surface area contributed by atoms with Crippen molar-refractivity contribution in [2.45, 2.75) is 52.4 Å². The Morgan fingerprint density at radius 2 is 1.82 bits per heavy atom. The van der Waals surface area contributed by atoms with Crippen molar-refractivity contribution in [3.05, 3.63) is 23.3 Å². The number of hydrogen-bond donors (Lipinski definition) is 0. The largest absolute Gasteiger partial charge is 0.466 e. The van der Waals surface area contributed by atoms with Gasteiger partial charge in [-0.15, -0.1) is 0 Å². The third-order valence-electron chi connectivity index (χ3n) is 2.30. The third-order valence-corrected chi connectivity index (χ3v) is 3.81. The normalized spacial score (nSPS) is 12.2. The Balaban J connectivity index is 4.57. The molecule has 0 heterocycles. The van der Waals surface area contributed by atoms with Crippen LogP contribution in [-0.2, 0) is 9.53 Å². The maximum atomic E-state index is 11.3. The van der Waals surface area contributed by atoms with E-state index >= 15 is 0 Å². The molecule has 0 aliphatic carbocycles. The minimum atomic E-state index is -1.17. The van der Waals surface area contributed by atoms with E-state index in [2.05, 4.69) is 39.6 Å². The zero-order valence-electron chi connectivity index (χ0n) is 12.1. The highest BCUT2D eigenvalue weighted by Gasteiger charge is 2.16. The first-order valence-electron chi connectivity index (χ1n) is 6.15. The Bertz CT molecular complexity index is 305. The van der Waals surface area contributed by atoms with Crippen molar-refractivity contribution in [3.63, 3.8) is 0 Å². The topological polar surface area (TPSA) is 26.3 Å². The second-order valence-electron chi connectivity index (χ2n) is 5.88. The summed E-state index contributed by atoms with van der Waals surface area (Å²) in [7, 11) is 0.258. The number of carbonyl (C=O) groups excluding carboxylic acids is 1. The number of ether oxygens (including phenoxy) is 1. The highest BCUT2D eigenvalue weighted by atomic mass is 28.3. The molecule has 0 aromatic heterocycles. The summed E-state index contributed by atoms with van der Waals surface area (Å²) in [5, 5.41) is 0. The van der Waals surface area contributed by atoms with Crippen LogP contribution in [0.15, 0.2) is 23.3 Å². The molecule has 0 aromatic rings. The lowest BCUT2D eigenvalue weighted by Gasteiger charge is -2.18. The number of esters is 1. The molecule has 0 radical (unpaired) electrons. The quantitative estimate of drug-likeness (QED) is 0.308. The molecule has 0 rings (SSSR count). The standard InChI is InChI=1S/C14H26O2Si/c1-12(2)8-7-9-13(10-14(15)16-3)11-17(4,5)6/h8,10H,7,9,11H2,1-6H3/b13-10+. The number of allylic oxidation sites excluding steroid dienone is 3. The van der Waals surface area contributed by atoms with Crippen molar-refractivity contribution in [2.75, 3.05) is 7.11 Å². The van der Waals surface area contributed by atoms with Crippen LogP contribution in [0.4, 0.5) is 0 Å². The molecule has 0 aromatic carbocycles. The van der Waals surface area contributed by atoms with Crippen molar-refractivity contribution in [1.82, 2.24) is 0 Å². The van der Waals surface area contributed by atoms with Crippen LogP contribution in [0, 0.1) is 0 Å². The molecule has 2 nitrogen and oxygen atoms in total. The van der Waals surface area contributed by atoms with Crippen LogP contribution in [0.25, 0.3) is 0 Å². The van der Waals surface area contributed by atoms with Gasteiger partial charge in [-0.05, 0) is 32.7 Å². The van der Waals surface area contributed by atoms with E-state index in [9.17, 15) is 4.79 Å². The molecule has 17 heavy (non-hydrogen) atoms. The van der Waals surface area contributed by atoms with E-state index in [1.54, 1.807) is 6.08 Å². The van der Waals surface area contributed by atoms with Crippen molar-refractivity contribution in [2.24, 2.45) is 0 Å². The summed E-state index contributed by atoms with van der Waals surface area (Å²) in [5.74, 6) is -0.226. The van der Waals surface area contributed by atoms with Crippen LogP contribution < -0.4 is 0 Å². The Hall–Kier alpha value is -0.833. The lowest BCUT2D eigenvalue weighted by Crippen LogP contribution is -2.20. The maximum absolute atomic E-state index is 11.3. The highest BCUT2D eigenvalue weighted by molar-refractivity contribution is 6.76. The summed E-state index contributed by atoms with van der Waals surface area (Å²) >= 11 is 0. The van der Waals surface area contributed by atoms with Crippen LogP contribution in [0.2, 0.25) is 25.7 Å². The molecule has 0 N–H and O–H groups in total. The van der Waals surface area contributed by atoms with E-state index in [1.165, 1.54) is 18.3 Å².